The van der Waals surface area contributed by atoms with E-state index in [4.69, 9.17) is 22.1 Å². The van der Waals surface area contributed by atoms with E-state index in [1.54, 1.807) is 10.9 Å². The van der Waals surface area contributed by atoms with Gasteiger partial charge in [0.15, 0.2) is 5.82 Å². The number of piperidine rings is 1. The Hall–Kier alpha value is -1.91. The number of hydrogen-bond acceptors (Lipinski definition) is 6. The third-order valence-electron chi connectivity index (χ3n) is 6.40. The lowest BCUT2D eigenvalue weighted by Gasteiger charge is -2.45. The maximum atomic E-state index is 14.3. The van der Waals surface area contributed by atoms with E-state index in [1.807, 2.05) is 25.3 Å². The van der Waals surface area contributed by atoms with Gasteiger partial charge in [0.2, 0.25) is 0 Å². The predicted octanol–water partition coefficient (Wildman–Crippen LogP) is 4.36. The van der Waals surface area contributed by atoms with Gasteiger partial charge in [0.1, 0.15) is 12.2 Å². The summed E-state index contributed by atoms with van der Waals surface area (Å²) in [5, 5.41) is 4.64. The molecule has 3 aromatic rings. The zero-order chi connectivity index (χ0) is 22.5. The Morgan fingerprint density at radius 2 is 2.06 bits per heavy atom. The third kappa shape index (κ3) is 3.76. The van der Waals surface area contributed by atoms with Gasteiger partial charge in [-0.3, -0.25) is 4.90 Å². The summed E-state index contributed by atoms with van der Waals surface area (Å²) in [4.78, 5) is 7.33. The molecule has 10 heteroatoms. The zero-order valence-corrected chi connectivity index (χ0v) is 19.2. The first-order valence-corrected chi connectivity index (χ1v) is 11.7. The van der Waals surface area contributed by atoms with Crippen LogP contribution in [-0.2, 0) is 29.3 Å². The molecule has 2 aliphatic rings. The molecule has 0 bridgehead atoms. The largest absolute Gasteiger partial charge is 0.363 e. The fourth-order valence-corrected chi connectivity index (χ4v) is 6.06. The van der Waals surface area contributed by atoms with Gasteiger partial charge in [0.25, 0.3) is 5.92 Å². The van der Waals surface area contributed by atoms with Crippen molar-refractivity contribution in [3.8, 4) is 5.82 Å². The Balaban J connectivity index is 1.32. The molecular formula is C22H24ClF2N5OS. The van der Waals surface area contributed by atoms with Crippen LogP contribution in [0.25, 0.3) is 5.82 Å². The summed E-state index contributed by atoms with van der Waals surface area (Å²) in [6.07, 6.45) is 5.03. The quantitative estimate of drug-likeness (QED) is 0.602. The second kappa shape index (κ2) is 8.14. The number of fused-ring (bicyclic) bond motifs is 2. The molecule has 0 amide bonds. The van der Waals surface area contributed by atoms with Crippen LogP contribution >= 0.6 is 22.9 Å². The zero-order valence-electron chi connectivity index (χ0n) is 17.7. The maximum absolute atomic E-state index is 14.3. The Kier molecular flexibility index (Phi) is 5.58. The van der Waals surface area contributed by atoms with E-state index < -0.39 is 18.1 Å². The van der Waals surface area contributed by atoms with Gasteiger partial charge in [0, 0.05) is 60.1 Å². The highest BCUT2D eigenvalue weighted by Crippen LogP contribution is 2.52. The summed E-state index contributed by atoms with van der Waals surface area (Å²) in [6.45, 7) is 3.98. The van der Waals surface area contributed by atoms with E-state index in [1.165, 1.54) is 17.4 Å². The number of ether oxygens (including phenoxy) is 1. The Bertz CT molecular complexity index is 1140. The molecule has 5 rings (SSSR count). The number of rotatable bonds is 4. The van der Waals surface area contributed by atoms with Crippen molar-refractivity contribution in [3.63, 3.8) is 0 Å². The van der Waals surface area contributed by atoms with Crippen molar-refractivity contribution in [2.24, 2.45) is 5.73 Å². The first-order chi connectivity index (χ1) is 15.3. The molecule has 2 N–H and O–H groups in total. The summed E-state index contributed by atoms with van der Waals surface area (Å²) < 4.78 is 36.7. The van der Waals surface area contributed by atoms with Crippen molar-refractivity contribution >= 4 is 22.9 Å². The molecule has 1 saturated heterocycles. The molecule has 0 unspecified atom stereocenters. The average Bonchev–Trinajstić information content (AvgIpc) is 3.37. The van der Waals surface area contributed by atoms with Crippen molar-refractivity contribution in [3.05, 3.63) is 62.2 Å². The number of pyridine rings is 1. The highest BCUT2D eigenvalue weighted by molar-refractivity contribution is 7.16. The molecule has 6 nitrogen and oxygen atoms in total. The molecule has 0 aromatic carbocycles. The molecule has 2 aliphatic heterocycles. The number of aromatic nitrogens is 3. The average molecular weight is 480 g/mol. The molecule has 3 aromatic heterocycles. The van der Waals surface area contributed by atoms with Crippen LogP contribution in [0.1, 0.15) is 40.1 Å². The van der Waals surface area contributed by atoms with E-state index in [-0.39, 0.29) is 5.56 Å². The van der Waals surface area contributed by atoms with Crippen LogP contribution in [0.3, 0.4) is 0 Å². The number of halogens is 3. The third-order valence-corrected chi connectivity index (χ3v) is 7.85. The standard InChI is InChI=1S/C22H24ClF2N5OS/c1-14-16(12-30(28-14)20-15(10-26)3-2-6-27-20)11-29-7-4-21(5-8-29)19-17(9-18(23)32-19)22(24,25)13-31-21/h2-3,6,9,12H,4-5,7-8,10-11,13,26H2,1H3. The maximum Gasteiger partial charge on any atom is 0.297 e. The van der Waals surface area contributed by atoms with Gasteiger partial charge >= 0.3 is 0 Å². The molecule has 32 heavy (non-hydrogen) atoms. The van der Waals surface area contributed by atoms with E-state index in [0.29, 0.717) is 28.6 Å². The number of thiophene rings is 1. The summed E-state index contributed by atoms with van der Waals surface area (Å²) in [5.41, 5.74) is 8.17. The van der Waals surface area contributed by atoms with E-state index in [0.717, 1.165) is 42.3 Å². The first kappa shape index (κ1) is 21.9. The summed E-state index contributed by atoms with van der Waals surface area (Å²) >= 11 is 7.33. The van der Waals surface area contributed by atoms with Crippen LogP contribution in [0.5, 0.6) is 0 Å². The molecule has 5 heterocycles. The number of aryl methyl sites for hydroxylation is 1. The van der Waals surface area contributed by atoms with Crippen LogP contribution < -0.4 is 5.73 Å². The second-order valence-corrected chi connectivity index (χ2v) is 10.1. The smallest absolute Gasteiger partial charge is 0.297 e. The van der Waals surface area contributed by atoms with Gasteiger partial charge in [-0.15, -0.1) is 11.3 Å². The fraction of sp³-hybridized carbons (Fsp3) is 0.455. The fourth-order valence-electron chi connectivity index (χ4n) is 4.58. The van der Waals surface area contributed by atoms with Crippen molar-refractivity contribution in [2.75, 3.05) is 19.7 Å². The monoisotopic (exact) mass is 479 g/mol. The summed E-state index contributed by atoms with van der Waals surface area (Å²) in [5.74, 6) is -2.25. The van der Waals surface area contributed by atoms with E-state index in [2.05, 4.69) is 15.0 Å². The molecule has 0 saturated carbocycles. The summed E-state index contributed by atoms with van der Waals surface area (Å²) in [7, 11) is 0. The lowest BCUT2D eigenvalue weighted by Crippen LogP contribution is -2.48. The van der Waals surface area contributed by atoms with Crippen LogP contribution in [0.4, 0.5) is 8.78 Å². The molecule has 1 spiro atoms. The lowest BCUT2D eigenvalue weighted by molar-refractivity contribution is -0.182. The SMILES string of the molecule is Cc1nn(-c2ncccc2CN)cc1CN1CCC2(CC1)OCC(F)(F)c1cc(Cl)sc12. The Morgan fingerprint density at radius 3 is 2.81 bits per heavy atom. The topological polar surface area (TPSA) is 69.2 Å². The van der Waals surface area contributed by atoms with Crippen molar-refractivity contribution in [2.45, 2.75) is 44.4 Å². The Morgan fingerprint density at radius 1 is 1.28 bits per heavy atom. The number of alkyl halides is 2. The van der Waals surface area contributed by atoms with Gasteiger partial charge in [-0.05, 0) is 31.9 Å². The second-order valence-electron chi connectivity index (χ2n) is 8.43. The minimum atomic E-state index is -2.99. The normalized spacial score (nSPS) is 19.9. The van der Waals surface area contributed by atoms with Gasteiger partial charge in [-0.1, -0.05) is 17.7 Å². The first-order valence-electron chi connectivity index (χ1n) is 10.6. The van der Waals surface area contributed by atoms with Crippen molar-refractivity contribution in [1.82, 2.24) is 19.7 Å². The number of likely N-dealkylation sites (tertiary alicyclic amines) is 1. The Labute approximate surface area is 193 Å². The van der Waals surface area contributed by atoms with Crippen molar-refractivity contribution < 1.29 is 13.5 Å². The number of nitrogens with two attached hydrogens (primary N) is 1. The van der Waals surface area contributed by atoms with Crippen LogP contribution in [0, 0.1) is 6.92 Å². The van der Waals surface area contributed by atoms with Crippen molar-refractivity contribution in [1.29, 1.82) is 0 Å². The van der Waals surface area contributed by atoms with E-state index >= 15 is 0 Å². The van der Waals surface area contributed by atoms with Crippen LogP contribution in [0.15, 0.2) is 30.6 Å². The number of nitrogens with zero attached hydrogens (tertiary/aromatic N) is 4. The van der Waals surface area contributed by atoms with Gasteiger partial charge < -0.3 is 10.5 Å². The number of hydrogen-bond donors (Lipinski definition) is 1. The molecule has 170 valence electrons. The molecule has 0 radical (unpaired) electrons. The minimum absolute atomic E-state index is 0.0374. The minimum Gasteiger partial charge on any atom is -0.363 e. The van der Waals surface area contributed by atoms with E-state index in [9.17, 15) is 8.78 Å². The molecular weight excluding hydrogens is 456 g/mol. The van der Waals surface area contributed by atoms with Crippen LogP contribution in [-0.4, -0.2) is 39.4 Å². The highest BCUT2D eigenvalue weighted by atomic mass is 35.5. The predicted molar refractivity (Wildman–Crippen MR) is 119 cm³/mol. The lowest BCUT2D eigenvalue weighted by atomic mass is 9.84. The van der Waals surface area contributed by atoms with Crippen LogP contribution in [0.2, 0.25) is 4.34 Å². The highest BCUT2D eigenvalue weighted by Gasteiger charge is 2.51. The molecule has 0 aliphatic carbocycles. The van der Waals surface area contributed by atoms with Gasteiger partial charge in [0.05, 0.1) is 10.0 Å². The van der Waals surface area contributed by atoms with Gasteiger partial charge in [-0.25, -0.2) is 9.67 Å². The summed E-state index contributed by atoms with van der Waals surface area (Å²) in [6, 6.07) is 5.22. The van der Waals surface area contributed by atoms with Gasteiger partial charge in [-0.2, -0.15) is 13.9 Å². The molecule has 1 fully saturated rings. The molecule has 0 atom stereocenters.